The number of carbonyl (C=O) groups excluding carboxylic acids is 1. The summed E-state index contributed by atoms with van der Waals surface area (Å²) in [5, 5.41) is 1.45. The SMILES string of the molecule is CC=C(C)[SiH2]COc1ccc(N=C=O)cc1. The largest absolute Gasteiger partial charge is 0.497 e. The van der Waals surface area contributed by atoms with Crippen molar-refractivity contribution < 1.29 is 9.53 Å². The van der Waals surface area contributed by atoms with Crippen LogP contribution in [0.1, 0.15) is 13.8 Å². The van der Waals surface area contributed by atoms with Crippen molar-refractivity contribution in [3.05, 3.63) is 35.5 Å². The van der Waals surface area contributed by atoms with Crippen LogP contribution < -0.4 is 4.74 Å². The third-order valence-electron chi connectivity index (χ3n) is 2.27. The van der Waals surface area contributed by atoms with Crippen molar-refractivity contribution in [2.75, 3.05) is 6.23 Å². The molecule has 0 unspecified atom stereocenters. The van der Waals surface area contributed by atoms with Crippen molar-refractivity contribution in [3.8, 4) is 5.75 Å². The zero-order valence-electron chi connectivity index (χ0n) is 9.56. The van der Waals surface area contributed by atoms with E-state index in [1.54, 1.807) is 12.1 Å². The second-order valence-corrected chi connectivity index (χ2v) is 5.45. The zero-order chi connectivity index (χ0) is 11.8. The molecule has 0 spiro atoms. The summed E-state index contributed by atoms with van der Waals surface area (Å²) in [5.74, 6) is 0.821. The van der Waals surface area contributed by atoms with Crippen molar-refractivity contribution in [1.82, 2.24) is 0 Å². The number of hydrogen-bond acceptors (Lipinski definition) is 3. The summed E-state index contributed by atoms with van der Waals surface area (Å²) >= 11 is 0. The van der Waals surface area contributed by atoms with Gasteiger partial charge in [0.15, 0.2) is 0 Å². The van der Waals surface area contributed by atoms with Crippen molar-refractivity contribution in [3.63, 3.8) is 0 Å². The van der Waals surface area contributed by atoms with Crippen molar-refractivity contribution in [2.24, 2.45) is 4.99 Å². The van der Waals surface area contributed by atoms with E-state index in [1.807, 2.05) is 12.1 Å². The minimum atomic E-state index is -0.274. The molecule has 0 radical (unpaired) electrons. The molecule has 4 heteroatoms. The van der Waals surface area contributed by atoms with Crippen LogP contribution in [0.15, 0.2) is 40.5 Å². The second kappa shape index (κ2) is 6.77. The van der Waals surface area contributed by atoms with Gasteiger partial charge in [0.25, 0.3) is 0 Å². The third kappa shape index (κ3) is 4.25. The molecule has 0 heterocycles. The van der Waals surface area contributed by atoms with E-state index in [-0.39, 0.29) is 9.52 Å². The maximum Gasteiger partial charge on any atom is 0.240 e. The molecule has 0 aromatic heterocycles. The molecule has 16 heavy (non-hydrogen) atoms. The average Bonchev–Trinajstić information content (AvgIpc) is 2.31. The van der Waals surface area contributed by atoms with Crippen LogP contribution in [0, 0.1) is 0 Å². The first kappa shape index (κ1) is 12.4. The number of ether oxygens (including phenoxy) is 1. The molecule has 0 bridgehead atoms. The Hall–Kier alpha value is -1.64. The molecule has 0 atom stereocenters. The summed E-state index contributed by atoms with van der Waals surface area (Å²) in [6, 6.07) is 7.11. The molecule has 0 aliphatic heterocycles. The van der Waals surface area contributed by atoms with Gasteiger partial charge in [0.1, 0.15) is 5.75 Å². The molecule has 0 saturated carbocycles. The molecule has 0 amide bonds. The quantitative estimate of drug-likeness (QED) is 0.444. The van der Waals surface area contributed by atoms with Gasteiger partial charge in [-0.15, -0.1) is 0 Å². The van der Waals surface area contributed by atoms with Gasteiger partial charge in [0, 0.05) is 0 Å². The van der Waals surface area contributed by atoms with E-state index in [0.29, 0.717) is 5.69 Å². The summed E-state index contributed by atoms with van der Waals surface area (Å²) in [6.45, 7) is 4.19. The molecule has 1 rings (SSSR count). The highest BCUT2D eigenvalue weighted by Crippen LogP contribution is 2.17. The van der Waals surface area contributed by atoms with Gasteiger partial charge in [-0.05, 0) is 38.1 Å². The lowest BCUT2D eigenvalue weighted by atomic mass is 10.3. The fourth-order valence-electron chi connectivity index (χ4n) is 1.14. The van der Waals surface area contributed by atoms with E-state index in [9.17, 15) is 4.79 Å². The Bertz CT molecular complexity index is 406. The predicted octanol–water partition coefficient (Wildman–Crippen LogP) is 2.08. The molecule has 0 aliphatic carbocycles. The molecule has 0 saturated heterocycles. The Morgan fingerprint density at radius 2 is 2.19 bits per heavy atom. The number of nitrogens with zero attached hydrogens (tertiary/aromatic N) is 1. The fraction of sp³-hybridized carbons (Fsp3) is 0.250. The van der Waals surface area contributed by atoms with Gasteiger partial charge in [-0.25, -0.2) is 4.79 Å². The van der Waals surface area contributed by atoms with Crippen LogP contribution >= 0.6 is 0 Å². The molecule has 1 aromatic rings. The topological polar surface area (TPSA) is 38.7 Å². The number of hydrogen-bond donors (Lipinski definition) is 0. The van der Waals surface area contributed by atoms with E-state index < -0.39 is 0 Å². The molecule has 84 valence electrons. The summed E-state index contributed by atoms with van der Waals surface area (Å²) in [4.78, 5) is 13.5. The van der Waals surface area contributed by atoms with Crippen molar-refractivity contribution >= 4 is 21.3 Å². The highest BCUT2D eigenvalue weighted by molar-refractivity contribution is 6.44. The van der Waals surface area contributed by atoms with Crippen molar-refractivity contribution in [2.45, 2.75) is 13.8 Å². The standard InChI is InChI=1S/C12H15NO2Si/c1-3-10(2)16-9-15-12-6-4-11(5-7-12)13-8-14/h3-7H,9,16H2,1-2H3. The van der Waals surface area contributed by atoms with Crippen LogP contribution in [0.2, 0.25) is 0 Å². The monoisotopic (exact) mass is 233 g/mol. The number of benzene rings is 1. The Labute approximate surface area is 97.7 Å². The summed E-state index contributed by atoms with van der Waals surface area (Å²) in [5.41, 5.74) is 0.601. The lowest BCUT2D eigenvalue weighted by molar-refractivity contribution is 0.385. The Balaban J connectivity index is 2.46. The third-order valence-corrected chi connectivity index (χ3v) is 3.87. The number of aliphatic imine (C=N–C) groups is 1. The van der Waals surface area contributed by atoms with Crippen LogP contribution in [-0.2, 0) is 4.79 Å². The highest BCUT2D eigenvalue weighted by Gasteiger charge is 1.95. The predicted molar refractivity (Wildman–Crippen MR) is 67.7 cm³/mol. The minimum Gasteiger partial charge on any atom is -0.497 e. The number of isocyanates is 1. The average molecular weight is 233 g/mol. The zero-order valence-corrected chi connectivity index (χ0v) is 11.0. The van der Waals surface area contributed by atoms with Crippen LogP contribution in [0.5, 0.6) is 5.75 Å². The summed E-state index contributed by atoms with van der Waals surface area (Å²) < 4.78 is 5.59. The van der Waals surface area contributed by atoms with Gasteiger partial charge >= 0.3 is 0 Å². The van der Waals surface area contributed by atoms with Crippen LogP contribution in [-0.4, -0.2) is 21.8 Å². The lowest BCUT2D eigenvalue weighted by Crippen LogP contribution is -2.07. The highest BCUT2D eigenvalue weighted by atomic mass is 28.2. The lowest BCUT2D eigenvalue weighted by Gasteiger charge is -2.05. The smallest absolute Gasteiger partial charge is 0.240 e. The maximum atomic E-state index is 10.0. The van der Waals surface area contributed by atoms with Gasteiger partial charge in [-0.1, -0.05) is 11.3 Å². The fourth-order valence-corrected chi connectivity index (χ4v) is 2.09. The number of rotatable bonds is 5. The van der Waals surface area contributed by atoms with E-state index in [4.69, 9.17) is 4.74 Å². The van der Waals surface area contributed by atoms with Crippen LogP contribution in [0.4, 0.5) is 5.69 Å². The first-order valence-electron chi connectivity index (χ1n) is 5.19. The van der Waals surface area contributed by atoms with Gasteiger partial charge in [-0.3, -0.25) is 0 Å². The molecule has 3 nitrogen and oxygen atoms in total. The van der Waals surface area contributed by atoms with Gasteiger partial charge < -0.3 is 4.74 Å². The van der Waals surface area contributed by atoms with Gasteiger partial charge in [0.05, 0.1) is 21.4 Å². The molecule has 0 aliphatic rings. The normalized spacial score (nSPS) is 11.5. The number of allylic oxidation sites excluding steroid dienone is 2. The summed E-state index contributed by atoms with van der Waals surface area (Å²) in [7, 11) is -0.274. The molecule has 0 fully saturated rings. The van der Waals surface area contributed by atoms with E-state index in [1.165, 1.54) is 11.3 Å². The first-order valence-corrected chi connectivity index (χ1v) is 6.89. The van der Waals surface area contributed by atoms with Crippen LogP contribution in [0.25, 0.3) is 0 Å². The van der Waals surface area contributed by atoms with Gasteiger partial charge in [-0.2, -0.15) is 4.99 Å². The van der Waals surface area contributed by atoms with Gasteiger partial charge in [0.2, 0.25) is 6.08 Å². The maximum absolute atomic E-state index is 10.0. The van der Waals surface area contributed by atoms with E-state index in [2.05, 4.69) is 24.9 Å². The molecular formula is C12H15NO2Si. The summed E-state index contributed by atoms with van der Waals surface area (Å²) in [6.07, 6.45) is 4.44. The first-order chi connectivity index (χ1) is 7.76. The minimum absolute atomic E-state index is 0.274. The van der Waals surface area contributed by atoms with Crippen LogP contribution in [0.3, 0.4) is 0 Å². The second-order valence-electron chi connectivity index (χ2n) is 3.43. The Morgan fingerprint density at radius 1 is 1.50 bits per heavy atom. The molecule has 0 N–H and O–H groups in total. The van der Waals surface area contributed by atoms with Crippen molar-refractivity contribution in [1.29, 1.82) is 0 Å². The van der Waals surface area contributed by atoms with E-state index in [0.717, 1.165) is 12.0 Å². The Kier molecular flexibility index (Phi) is 5.26. The van der Waals surface area contributed by atoms with E-state index >= 15 is 0 Å². The Morgan fingerprint density at radius 3 is 2.75 bits per heavy atom. The molecule has 1 aromatic carbocycles. The molecular weight excluding hydrogens is 218 g/mol.